The maximum atomic E-state index is 13.6. The molecule has 0 amide bonds. The molecule has 94 valence electrons. The smallest absolute Gasteiger partial charge is 0.207 e. The van der Waals surface area contributed by atoms with Crippen molar-refractivity contribution in [3.63, 3.8) is 0 Å². The lowest BCUT2D eigenvalue weighted by Crippen LogP contribution is -2.12. The predicted octanol–water partition coefficient (Wildman–Crippen LogP) is 4.74. The summed E-state index contributed by atoms with van der Waals surface area (Å²) in [5, 5.41) is 0. The molecule has 0 atom stereocenters. The van der Waals surface area contributed by atoms with Gasteiger partial charge in [-0.15, -0.1) is 0 Å². The van der Waals surface area contributed by atoms with Crippen molar-refractivity contribution in [3.05, 3.63) is 59.7 Å². The highest BCUT2D eigenvalue weighted by molar-refractivity contribution is 5.68. The van der Waals surface area contributed by atoms with E-state index in [0.717, 1.165) is 6.07 Å². The molecule has 0 nitrogen and oxygen atoms in total. The van der Waals surface area contributed by atoms with Gasteiger partial charge < -0.3 is 0 Å². The zero-order chi connectivity index (χ0) is 13.3. The van der Waals surface area contributed by atoms with Crippen LogP contribution in [-0.2, 0) is 5.92 Å². The van der Waals surface area contributed by atoms with Crippen molar-refractivity contribution >= 4 is 0 Å². The molecule has 0 N–H and O–H groups in total. The fourth-order valence-corrected chi connectivity index (χ4v) is 1.87. The van der Waals surface area contributed by atoms with Gasteiger partial charge in [-0.05, 0) is 17.2 Å². The summed E-state index contributed by atoms with van der Waals surface area (Å²) < 4.78 is 53.6. The molecule has 0 aromatic heterocycles. The van der Waals surface area contributed by atoms with Crippen LogP contribution >= 0.6 is 0 Å². The molecule has 0 spiro atoms. The van der Waals surface area contributed by atoms with E-state index in [1.807, 2.05) is 0 Å². The first kappa shape index (κ1) is 12.6. The van der Waals surface area contributed by atoms with Crippen LogP contribution in [0.2, 0.25) is 0 Å². The number of alkyl halides is 2. The molecule has 2 aromatic rings. The summed E-state index contributed by atoms with van der Waals surface area (Å²) in [6.07, 6.45) is 0. The van der Waals surface area contributed by atoms with Crippen molar-refractivity contribution in [2.24, 2.45) is 0 Å². The summed E-state index contributed by atoms with van der Waals surface area (Å²) in [4.78, 5) is 0. The molecule has 18 heavy (non-hydrogen) atoms. The molecule has 0 fully saturated rings. The molecule has 4 heteroatoms. The molecular formula is C14H10F4. The highest BCUT2D eigenvalue weighted by Crippen LogP contribution is 2.37. The Labute approximate surface area is 102 Å². The standard InChI is InChI=1S/C14H10F4/c1-14(17,18)13-11(7-10(15)8-12(13)16)9-5-3-2-4-6-9/h2-8H,1H3. The fraction of sp³-hybridized carbons (Fsp3) is 0.143. The van der Waals surface area contributed by atoms with Crippen LogP contribution in [0.5, 0.6) is 0 Å². The van der Waals surface area contributed by atoms with Gasteiger partial charge in [0.25, 0.3) is 5.92 Å². The summed E-state index contributed by atoms with van der Waals surface area (Å²) in [7, 11) is 0. The summed E-state index contributed by atoms with van der Waals surface area (Å²) >= 11 is 0. The Morgan fingerprint density at radius 1 is 0.944 bits per heavy atom. The predicted molar refractivity (Wildman–Crippen MR) is 61.4 cm³/mol. The van der Waals surface area contributed by atoms with Gasteiger partial charge in [-0.3, -0.25) is 0 Å². The van der Waals surface area contributed by atoms with Crippen LogP contribution in [0.4, 0.5) is 17.6 Å². The monoisotopic (exact) mass is 254 g/mol. The van der Waals surface area contributed by atoms with Gasteiger partial charge in [-0.1, -0.05) is 30.3 Å². The average molecular weight is 254 g/mol. The van der Waals surface area contributed by atoms with E-state index in [9.17, 15) is 17.6 Å². The molecule has 2 aromatic carbocycles. The van der Waals surface area contributed by atoms with E-state index in [1.54, 1.807) is 18.2 Å². The normalized spacial score (nSPS) is 11.6. The summed E-state index contributed by atoms with van der Waals surface area (Å²) in [5.41, 5.74) is -0.553. The van der Waals surface area contributed by atoms with E-state index in [-0.39, 0.29) is 5.56 Å². The molecule has 0 aliphatic heterocycles. The Hall–Kier alpha value is -1.84. The minimum Gasteiger partial charge on any atom is -0.207 e. The van der Waals surface area contributed by atoms with Crippen LogP contribution in [0.1, 0.15) is 12.5 Å². The topological polar surface area (TPSA) is 0 Å². The van der Waals surface area contributed by atoms with Crippen LogP contribution in [0.3, 0.4) is 0 Å². The van der Waals surface area contributed by atoms with Crippen molar-refractivity contribution in [3.8, 4) is 11.1 Å². The van der Waals surface area contributed by atoms with Crippen LogP contribution < -0.4 is 0 Å². The highest BCUT2D eigenvalue weighted by atomic mass is 19.3. The summed E-state index contributed by atoms with van der Waals surface area (Å²) in [5.74, 6) is -5.48. The lowest BCUT2D eigenvalue weighted by atomic mass is 9.95. The van der Waals surface area contributed by atoms with Crippen molar-refractivity contribution < 1.29 is 17.6 Å². The lowest BCUT2D eigenvalue weighted by molar-refractivity contribution is 0.0143. The number of halogens is 4. The van der Waals surface area contributed by atoms with E-state index in [4.69, 9.17) is 0 Å². The molecule has 0 bridgehead atoms. The Bertz CT molecular complexity index is 556. The van der Waals surface area contributed by atoms with E-state index in [1.165, 1.54) is 12.1 Å². The Morgan fingerprint density at radius 3 is 2.11 bits per heavy atom. The third-order valence-corrected chi connectivity index (χ3v) is 2.58. The second-order valence-electron chi connectivity index (χ2n) is 4.06. The second-order valence-corrected chi connectivity index (χ2v) is 4.06. The third kappa shape index (κ3) is 2.37. The lowest BCUT2D eigenvalue weighted by Gasteiger charge is -2.17. The van der Waals surface area contributed by atoms with Gasteiger partial charge in [-0.25, -0.2) is 17.6 Å². The first-order chi connectivity index (χ1) is 8.39. The largest absolute Gasteiger partial charge is 0.273 e. The average Bonchev–Trinajstić information content (AvgIpc) is 2.27. The number of hydrogen-bond acceptors (Lipinski definition) is 0. The fourth-order valence-electron chi connectivity index (χ4n) is 1.87. The molecular weight excluding hydrogens is 244 g/mol. The van der Waals surface area contributed by atoms with Crippen LogP contribution in [0.25, 0.3) is 11.1 Å². The third-order valence-electron chi connectivity index (χ3n) is 2.58. The minimum absolute atomic E-state index is 0.124. The zero-order valence-corrected chi connectivity index (χ0v) is 9.55. The maximum Gasteiger partial charge on any atom is 0.273 e. The molecule has 0 saturated carbocycles. The van der Waals surface area contributed by atoms with Crippen LogP contribution in [0.15, 0.2) is 42.5 Å². The van der Waals surface area contributed by atoms with Crippen molar-refractivity contribution in [2.75, 3.05) is 0 Å². The minimum atomic E-state index is -3.37. The van der Waals surface area contributed by atoms with E-state index >= 15 is 0 Å². The number of hydrogen-bond donors (Lipinski definition) is 0. The Balaban J connectivity index is 2.74. The molecule has 0 unspecified atom stereocenters. The van der Waals surface area contributed by atoms with Crippen LogP contribution in [-0.4, -0.2) is 0 Å². The molecule has 0 saturated heterocycles. The van der Waals surface area contributed by atoms with Crippen molar-refractivity contribution in [1.82, 2.24) is 0 Å². The molecule has 0 aliphatic rings. The van der Waals surface area contributed by atoms with Crippen LogP contribution in [0, 0.1) is 11.6 Å². The van der Waals surface area contributed by atoms with Gasteiger partial charge in [0.2, 0.25) is 0 Å². The molecule has 0 aliphatic carbocycles. The number of benzene rings is 2. The van der Waals surface area contributed by atoms with Gasteiger partial charge in [0.15, 0.2) is 0 Å². The SMILES string of the molecule is CC(F)(F)c1c(F)cc(F)cc1-c1ccccc1. The molecule has 0 heterocycles. The quantitative estimate of drug-likeness (QED) is 0.679. The molecule has 2 rings (SSSR count). The summed E-state index contributed by atoms with van der Waals surface area (Å²) in [6.45, 7) is 0.593. The molecule has 0 radical (unpaired) electrons. The van der Waals surface area contributed by atoms with Crippen molar-refractivity contribution in [1.29, 1.82) is 0 Å². The Morgan fingerprint density at radius 2 is 1.56 bits per heavy atom. The first-order valence-corrected chi connectivity index (χ1v) is 5.32. The first-order valence-electron chi connectivity index (χ1n) is 5.32. The van der Waals surface area contributed by atoms with E-state index in [2.05, 4.69) is 0 Å². The van der Waals surface area contributed by atoms with Gasteiger partial charge in [-0.2, -0.15) is 0 Å². The Kier molecular flexibility index (Phi) is 3.11. The van der Waals surface area contributed by atoms with Gasteiger partial charge >= 0.3 is 0 Å². The van der Waals surface area contributed by atoms with Gasteiger partial charge in [0.05, 0.1) is 5.56 Å². The van der Waals surface area contributed by atoms with Gasteiger partial charge in [0.1, 0.15) is 11.6 Å². The van der Waals surface area contributed by atoms with Crippen molar-refractivity contribution in [2.45, 2.75) is 12.8 Å². The zero-order valence-electron chi connectivity index (χ0n) is 9.55. The second kappa shape index (κ2) is 4.44. The van der Waals surface area contributed by atoms with Gasteiger partial charge in [0, 0.05) is 13.0 Å². The van der Waals surface area contributed by atoms with E-state index < -0.39 is 23.1 Å². The number of rotatable bonds is 2. The maximum absolute atomic E-state index is 13.6. The van der Waals surface area contributed by atoms with E-state index in [0.29, 0.717) is 18.6 Å². The highest BCUT2D eigenvalue weighted by Gasteiger charge is 2.32. The summed E-state index contributed by atoms with van der Waals surface area (Å²) in [6, 6.07) is 9.39.